The molecule has 0 aliphatic carbocycles. The topological polar surface area (TPSA) is 38.4 Å². The van der Waals surface area contributed by atoms with Gasteiger partial charge >= 0.3 is 6.48 Å². The van der Waals surface area contributed by atoms with E-state index in [-0.39, 0.29) is 0 Å². The molecule has 3 heteroatoms. The fraction of sp³-hybridized carbons (Fsp3) is 1.00. The van der Waals surface area contributed by atoms with Crippen LogP contribution in [0.2, 0.25) is 0 Å². The average molecular weight is 119 g/mol. The first kappa shape index (κ1) is 7.88. The van der Waals surface area contributed by atoms with Gasteiger partial charge in [-0.25, -0.2) is 0 Å². The summed E-state index contributed by atoms with van der Waals surface area (Å²) in [5.41, 5.74) is 0. The van der Waals surface area contributed by atoms with E-state index in [4.69, 9.17) is 0 Å². The van der Waals surface area contributed by atoms with Crippen LogP contribution in [0.3, 0.4) is 0 Å². The van der Waals surface area contributed by atoms with Crippen LogP contribution in [0.1, 0.15) is 13.3 Å². The van der Waals surface area contributed by atoms with Crippen LogP contribution in [0.15, 0.2) is 0 Å². The SMILES string of the molecule is CCCOC([O])OC. The van der Waals surface area contributed by atoms with Crippen molar-refractivity contribution in [2.24, 2.45) is 0 Å². The summed E-state index contributed by atoms with van der Waals surface area (Å²) < 4.78 is 8.84. The first-order chi connectivity index (χ1) is 3.81. The summed E-state index contributed by atoms with van der Waals surface area (Å²) in [5, 5.41) is 10.2. The number of hydrogen-bond acceptors (Lipinski definition) is 2. The van der Waals surface area contributed by atoms with E-state index in [1.54, 1.807) is 0 Å². The molecule has 1 atom stereocenters. The molecule has 0 saturated carbocycles. The Kier molecular flexibility index (Phi) is 4.95. The van der Waals surface area contributed by atoms with E-state index in [1.165, 1.54) is 7.11 Å². The lowest BCUT2D eigenvalue weighted by Crippen LogP contribution is -2.12. The normalized spacial score (nSPS) is 13.9. The van der Waals surface area contributed by atoms with Gasteiger partial charge in [-0.15, -0.1) is 0 Å². The van der Waals surface area contributed by atoms with E-state index in [0.29, 0.717) is 6.61 Å². The second kappa shape index (κ2) is 5.03. The standard InChI is InChI=1S/C5H11O3/c1-3-4-8-5(6)7-2/h5H,3-4H2,1-2H3. The van der Waals surface area contributed by atoms with E-state index in [2.05, 4.69) is 9.47 Å². The quantitative estimate of drug-likeness (QED) is 0.513. The van der Waals surface area contributed by atoms with Gasteiger partial charge in [-0.1, -0.05) is 6.92 Å². The van der Waals surface area contributed by atoms with E-state index in [0.717, 1.165) is 6.42 Å². The highest BCUT2D eigenvalue weighted by Crippen LogP contribution is 1.88. The molecule has 1 radical (unpaired) electrons. The van der Waals surface area contributed by atoms with Crippen molar-refractivity contribution in [1.82, 2.24) is 0 Å². The fourth-order valence-electron chi connectivity index (χ4n) is 0.282. The van der Waals surface area contributed by atoms with Crippen LogP contribution in [-0.2, 0) is 14.6 Å². The molecule has 0 bridgehead atoms. The van der Waals surface area contributed by atoms with Crippen LogP contribution < -0.4 is 0 Å². The summed E-state index contributed by atoms with van der Waals surface area (Å²) >= 11 is 0. The maximum atomic E-state index is 10.2. The van der Waals surface area contributed by atoms with Crippen LogP contribution in [0.25, 0.3) is 0 Å². The van der Waals surface area contributed by atoms with Crippen molar-refractivity contribution in [2.75, 3.05) is 13.7 Å². The Morgan fingerprint density at radius 3 is 2.62 bits per heavy atom. The van der Waals surface area contributed by atoms with Gasteiger partial charge in [0.15, 0.2) is 0 Å². The maximum Gasteiger partial charge on any atom is 0.301 e. The Morgan fingerprint density at radius 2 is 2.25 bits per heavy atom. The number of rotatable bonds is 4. The molecule has 0 saturated heterocycles. The summed E-state index contributed by atoms with van der Waals surface area (Å²) in [6.07, 6.45) is 0.849. The molecule has 0 amide bonds. The fourth-order valence-corrected chi connectivity index (χ4v) is 0.282. The van der Waals surface area contributed by atoms with Crippen molar-refractivity contribution in [3.8, 4) is 0 Å². The minimum Gasteiger partial charge on any atom is -0.331 e. The molecular formula is C5H11O3. The molecular weight excluding hydrogens is 108 g/mol. The van der Waals surface area contributed by atoms with Gasteiger partial charge in [0.1, 0.15) is 0 Å². The van der Waals surface area contributed by atoms with Gasteiger partial charge in [-0.2, -0.15) is 5.11 Å². The molecule has 3 nitrogen and oxygen atoms in total. The van der Waals surface area contributed by atoms with Gasteiger partial charge < -0.3 is 9.47 Å². The molecule has 49 valence electrons. The molecule has 0 spiro atoms. The van der Waals surface area contributed by atoms with Crippen LogP contribution in [-0.4, -0.2) is 20.2 Å². The molecule has 0 heterocycles. The molecule has 0 fully saturated rings. The predicted octanol–water partition coefficient (Wildman–Crippen LogP) is 0.773. The molecule has 0 aromatic carbocycles. The Hall–Kier alpha value is -0.120. The molecule has 0 aromatic heterocycles. The minimum absolute atomic E-state index is 0.474. The molecule has 0 aliphatic rings. The van der Waals surface area contributed by atoms with Gasteiger partial charge in [0, 0.05) is 7.11 Å². The second-order valence-corrected chi connectivity index (χ2v) is 1.40. The lowest BCUT2D eigenvalue weighted by molar-refractivity contribution is -0.280. The molecule has 8 heavy (non-hydrogen) atoms. The van der Waals surface area contributed by atoms with E-state index >= 15 is 0 Å². The summed E-state index contributed by atoms with van der Waals surface area (Å²) in [7, 11) is 1.33. The van der Waals surface area contributed by atoms with Gasteiger partial charge in [0.25, 0.3) is 0 Å². The highest BCUT2D eigenvalue weighted by molar-refractivity contribution is 4.21. The number of hydrogen-bond donors (Lipinski definition) is 0. The first-order valence-electron chi connectivity index (χ1n) is 2.61. The molecule has 0 aromatic rings. The zero-order valence-electron chi connectivity index (χ0n) is 5.22. The lowest BCUT2D eigenvalue weighted by Gasteiger charge is -2.04. The highest BCUT2D eigenvalue weighted by atomic mass is 16.8. The smallest absolute Gasteiger partial charge is 0.301 e. The van der Waals surface area contributed by atoms with Crippen LogP contribution in [0.4, 0.5) is 0 Å². The summed E-state index contributed by atoms with van der Waals surface area (Å²) in [5.74, 6) is 0. The minimum atomic E-state index is -1.30. The largest absolute Gasteiger partial charge is 0.331 e. The zero-order chi connectivity index (χ0) is 6.41. The first-order valence-corrected chi connectivity index (χ1v) is 2.61. The van der Waals surface area contributed by atoms with E-state index in [9.17, 15) is 5.11 Å². The van der Waals surface area contributed by atoms with Crippen molar-refractivity contribution in [2.45, 2.75) is 19.8 Å². The van der Waals surface area contributed by atoms with Gasteiger partial charge in [-0.3, -0.25) is 0 Å². The van der Waals surface area contributed by atoms with E-state index in [1.807, 2.05) is 6.92 Å². The van der Waals surface area contributed by atoms with Gasteiger partial charge in [0.2, 0.25) is 0 Å². The Labute approximate surface area is 49.2 Å². The third kappa shape index (κ3) is 4.05. The third-order valence-electron chi connectivity index (χ3n) is 0.651. The lowest BCUT2D eigenvalue weighted by atomic mass is 10.5. The van der Waals surface area contributed by atoms with Crippen molar-refractivity contribution >= 4 is 0 Å². The monoisotopic (exact) mass is 119 g/mol. The maximum absolute atomic E-state index is 10.2. The van der Waals surface area contributed by atoms with Gasteiger partial charge in [-0.05, 0) is 6.42 Å². The Morgan fingerprint density at radius 1 is 1.62 bits per heavy atom. The van der Waals surface area contributed by atoms with Crippen molar-refractivity contribution < 1.29 is 14.6 Å². The average Bonchev–Trinajstić information content (AvgIpc) is 1.83. The summed E-state index contributed by atoms with van der Waals surface area (Å²) in [6, 6.07) is 0. The van der Waals surface area contributed by atoms with Crippen molar-refractivity contribution in [3.63, 3.8) is 0 Å². The Bertz CT molecular complexity index is 46.9. The second-order valence-electron chi connectivity index (χ2n) is 1.40. The molecule has 0 N–H and O–H groups in total. The van der Waals surface area contributed by atoms with Crippen LogP contribution in [0, 0.1) is 0 Å². The van der Waals surface area contributed by atoms with Crippen molar-refractivity contribution in [3.05, 3.63) is 0 Å². The predicted molar refractivity (Wildman–Crippen MR) is 27.7 cm³/mol. The van der Waals surface area contributed by atoms with Crippen LogP contribution >= 0.6 is 0 Å². The summed E-state index contributed by atoms with van der Waals surface area (Å²) in [4.78, 5) is 0. The summed E-state index contributed by atoms with van der Waals surface area (Å²) in [6.45, 7) is 1.11. The number of methoxy groups -OCH3 is 1. The molecule has 0 aliphatic heterocycles. The molecule has 1 unspecified atom stereocenters. The third-order valence-corrected chi connectivity index (χ3v) is 0.651. The van der Waals surface area contributed by atoms with E-state index < -0.39 is 6.48 Å². The van der Waals surface area contributed by atoms with Gasteiger partial charge in [0.05, 0.1) is 6.61 Å². The zero-order valence-corrected chi connectivity index (χ0v) is 5.22. The Balaban J connectivity index is 2.86. The molecule has 0 rings (SSSR count). The van der Waals surface area contributed by atoms with Crippen molar-refractivity contribution in [1.29, 1.82) is 0 Å². The number of ether oxygens (including phenoxy) is 2. The van der Waals surface area contributed by atoms with Crippen LogP contribution in [0.5, 0.6) is 0 Å². The highest BCUT2D eigenvalue weighted by Gasteiger charge is 1.98.